The largest absolute Gasteiger partial charge is 0.401 e. The summed E-state index contributed by atoms with van der Waals surface area (Å²) in [5.74, 6) is 0.278. The SMILES string of the molecule is NC(=O)/C=C(\N)CSC1CCCCC1. The monoisotopic (exact) mass is 214 g/mol. The van der Waals surface area contributed by atoms with E-state index in [1.807, 2.05) is 11.8 Å². The Morgan fingerprint density at radius 1 is 1.29 bits per heavy atom. The van der Waals surface area contributed by atoms with Crippen LogP contribution in [0.3, 0.4) is 0 Å². The van der Waals surface area contributed by atoms with Crippen LogP contribution in [0.2, 0.25) is 0 Å². The Kier molecular flexibility index (Phi) is 4.87. The normalized spacial score (nSPS) is 19.6. The van der Waals surface area contributed by atoms with Gasteiger partial charge in [0.25, 0.3) is 0 Å². The number of rotatable bonds is 4. The first-order valence-corrected chi connectivity index (χ1v) is 6.10. The molecule has 0 spiro atoms. The standard InChI is InChI=1S/C10H18N2OS/c11-8(6-10(12)13)7-14-9-4-2-1-3-5-9/h6,9H,1-5,7,11H2,(H2,12,13)/b8-6-. The van der Waals surface area contributed by atoms with Crippen molar-refractivity contribution >= 4 is 17.7 Å². The molecule has 0 atom stereocenters. The zero-order valence-corrected chi connectivity index (χ0v) is 9.19. The first-order chi connectivity index (χ1) is 6.68. The fraction of sp³-hybridized carbons (Fsp3) is 0.700. The fourth-order valence-electron chi connectivity index (χ4n) is 1.67. The van der Waals surface area contributed by atoms with E-state index in [0.717, 1.165) is 11.0 Å². The van der Waals surface area contributed by atoms with Crippen LogP contribution in [0.1, 0.15) is 32.1 Å². The van der Waals surface area contributed by atoms with Gasteiger partial charge in [0.15, 0.2) is 0 Å². The minimum atomic E-state index is -0.452. The van der Waals surface area contributed by atoms with Gasteiger partial charge in [-0.1, -0.05) is 19.3 Å². The molecule has 14 heavy (non-hydrogen) atoms. The number of amides is 1. The van der Waals surface area contributed by atoms with Crippen LogP contribution in [-0.2, 0) is 4.79 Å². The van der Waals surface area contributed by atoms with E-state index in [0.29, 0.717) is 5.70 Å². The van der Waals surface area contributed by atoms with Crippen molar-refractivity contribution < 1.29 is 4.79 Å². The summed E-state index contributed by atoms with van der Waals surface area (Å²) in [4.78, 5) is 10.5. The van der Waals surface area contributed by atoms with Crippen molar-refractivity contribution in [2.45, 2.75) is 37.4 Å². The molecule has 80 valence electrons. The second-order valence-corrected chi connectivity index (χ2v) is 4.98. The van der Waals surface area contributed by atoms with Crippen LogP contribution >= 0.6 is 11.8 Å². The van der Waals surface area contributed by atoms with Gasteiger partial charge < -0.3 is 11.5 Å². The van der Waals surface area contributed by atoms with Gasteiger partial charge in [-0.3, -0.25) is 4.79 Å². The minimum Gasteiger partial charge on any atom is -0.401 e. The predicted octanol–water partition coefficient (Wildman–Crippen LogP) is 1.38. The lowest BCUT2D eigenvalue weighted by atomic mass is 10.0. The van der Waals surface area contributed by atoms with Crippen molar-refractivity contribution in [2.24, 2.45) is 11.5 Å². The molecule has 0 aromatic rings. The number of thioether (sulfide) groups is 1. The van der Waals surface area contributed by atoms with Crippen molar-refractivity contribution in [3.63, 3.8) is 0 Å². The van der Waals surface area contributed by atoms with Crippen molar-refractivity contribution in [3.8, 4) is 0 Å². The van der Waals surface area contributed by atoms with Gasteiger partial charge >= 0.3 is 0 Å². The second-order valence-electron chi connectivity index (χ2n) is 3.69. The molecule has 0 radical (unpaired) electrons. The third-order valence-corrected chi connectivity index (χ3v) is 3.81. The molecule has 1 aliphatic rings. The lowest BCUT2D eigenvalue weighted by Gasteiger charge is -2.20. The van der Waals surface area contributed by atoms with Crippen LogP contribution in [0, 0.1) is 0 Å². The van der Waals surface area contributed by atoms with Crippen LogP contribution < -0.4 is 11.5 Å². The van der Waals surface area contributed by atoms with Gasteiger partial charge in [0.1, 0.15) is 0 Å². The summed E-state index contributed by atoms with van der Waals surface area (Å²) in [6.07, 6.45) is 7.91. The average Bonchev–Trinajstić information content (AvgIpc) is 2.15. The Hall–Kier alpha value is -0.640. The molecule has 1 saturated carbocycles. The zero-order chi connectivity index (χ0) is 10.4. The van der Waals surface area contributed by atoms with Gasteiger partial charge in [0.2, 0.25) is 5.91 Å². The quantitative estimate of drug-likeness (QED) is 0.695. The Bertz CT molecular complexity index is 222. The molecule has 0 heterocycles. The second kappa shape index (κ2) is 5.96. The molecule has 1 amide bonds. The average molecular weight is 214 g/mol. The number of primary amides is 1. The fourth-order valence-corrected chi connectivity index (χ4v) is 2.85. The topological polar surface area (TPSA) is 69.1 Å². The van der Waals surface area contributed by atoms with E-state index in [-0.39, 0.29) is 0 Å². The van der Waals surface area contributed by atoms with E-state index < -0.39 is 5.91 Å². The molecule has 1 rings (SSSR count). The highest BCUT2D eigenvalue weighted by atomic mass is 32.2. The Labute approximate surface area is 89.3 Å². The summed E-state index contributed by atoms with van der Waals surface area (Å²) in [5.41, 5.74) is 11.2. The highest BCUT2D eigenvalue weighted by Crippen LogP contribution is 2.28. The molecule has 0 unspecified atom stereocenters. The van der Waals surface area contributed by atoms with Gasteiger partial charge in [-0.25, -0.2) is 0 Å². The van der Waals surface area contributed by atoms with E-state index >= 15 is 0 Å². The van der Waals surface area contributed by atoms with Crippen molar-refractivity contribution in [1.29, 1.82) is 0 Å². The van der Waals surface area contributed by atoms with Crippen LogP contribution in [0.15, 0.2) is 11.8 Å². The Morgan fingerprint density at radius 3 is 2.50 bits per heavy atom. The summed E-state index contributed by atoms with van der Waals surface area (Å²) in [6.45, 7) is 0. The molecule has 3 nitrogen and oxygen atoms in total. The summed E-state index contributed by atoms with van der Waals surface area (Å²) < 4.78 is 0. The maximum Gasteiger partial charge on any atom is 0.243 e. The maximum atomic E-state index is 10.5. The summed E-state index contributed by atoms with van der Waals surface area (Å²) in [5, 5.41) is 0.726. The molecule has 4 N–H and O–H groups in total. The summed E-state index contributed by atoms with van der Waals surface area (Å²) >= 11 is 1.85. The van der Waals surface area contributed by atoms with Crippen LogP contribution in [0.25, 0.3) is 0 Å². The van der Waals surface area contributed by atoms with Gasteiger partial charge in [-0.05, 0) is 12.8 Å². The lowest BCUT2D eigenvalue weighted by Crippen LogP contribution is -2.14. The van der Waals surface area contributed by atoms with E-state index in [1.165, 1.54) is 38.2 Å². The minimum absolute atomic E-state index is 0.452. The van der Waals surface area contributed by atoms with Gasteiger partial charge in [0, 0.05) is 22.8 Å². The molecule has 0 bridgehead atoms. The molecule has 0 aliphatic heterocycles. The highest BCUT2D eigenvalue weighted by Gasteiger charge is 2.13. The molecular weight excluding hydrogens is 196 g/mol. The van der Waals surface area contributed by atoms with Gasteiger partial charge in [0.05, 0.1) is 0 Å². The zero-order valence-electron chi connectivity index (χ0n) is 8.37. The van der Waals surface area contributed by atoms with Crippen molar-refractivity contribution in [2.75, 3.05) is 5.75 Å². The number of hydrogen-bond acceptors (Lipinski definition) is 3. The van der Waals surface area contributed by atoms with E-state index in [9.17, 15) is 4.79 Å². The van der Waals surface area contributed by atoms with Gasteiger partial charge in [-0.2, -0.15) is 11.8 Å². The first kappa shape index (κ1) is 11.4. The molecule has 0 aromatic carbocycles. The third-order valence-electron chi connectivity index (χ3n) is 2.37. The van der Waals surface area contributed by atoms with Crippen LogP contribution in [0.5, 0.6) is 0 Å². The van der Waals surface area contributed by atoms with Crippen LogP contribution in [-0.4, -0.2) is 16.9 Å². The van der Waals surface area contributed by atoms with E-state index in [1.54, 1.807) is 0 Å². The first-order valence-electron chi connectivity index (χ1n) is 5.05. The summed E-state index contributed by atoms with van der Waals surface area (Å²) in [6, 6.07) is 0. The molecule has 0 saturated heterocycles. The smallest absolute Gasteiger partial charge is 0.243 e. The molecular formula is C10H18N2OS. The molecule has 1 aliphatic carbocycles. The molecule has 4 heteroatoms. The number of nitrogens with two attached hydrogens (primary N) is 2. The molecule has 0 aromatic heterocycles. The molecule has 1 fully saturated rings. The Balaban J connectivity index is 2.21. The Morgan fingerprint density at radius 2 is 1.93 bits per heavy atom. The highest BCUT2D eigenvalue weighted by molar-refractivity contribution is 8.00. The van der Waals surface area contributed by atoms with E-state index in [4.69, 9.17) is 11.5 Å². The number of carbonyl (C=O) groups excluding carboxylic acids is 1. The number of hydrogen-bond donors (Lipinski definition) is 2. The van der Waals surface area contributed by atoms with Crippen molar-refractivity contribution in [1.82, 2.24) is 0 Å². The number of carbonyl (C=O) groups is 1. The third kappa shape index (κ3) is 4.56. The maximum absolute atomic E-state index is 10.5. The van der Waals surface area contributed by atoms with Crippen LogP contribution in [0.4, 0.5) is 0 Å². The van der Waals surface area contributed by atoms with Crippen molar-refractivity contribution in [3.05, 3.63) is 11.8 Å². The van der Waals surface area contributed by atoms with E-state index in [2.05, 4.69) is 0 Å². The summed E-state index contributed by atoms with van der Waals surface area (Å²) in [7, 11) is 0. The lowest BCUT2D eigenvalue weighted by molar-refractivity contribution is -0.113. The van der Waals surface area contributed by atoms with Gasteiger partial charge in [-0.15, -0.1) is 0 Å². The predicted molar refractivity (Wildman–Crippen MR) is 60.8 cm³/mol.